The van der Waals surface area contributed by atoms with Gasteiger partial charge in [0.05, 0.1) is 19.4 Å². The van der Waals surface area contributed by atoms with Crippen molar-refractivity contribution in [2.24, 2.45) is 0 Å². The monoisotopic (exact) mass is 326 g/mol. The topological polar surface area (TPSA) is 63.9 Å². The first kappa shape index (κ1) is 19.7. The molecule has 0 aromatic carbocycles. The Hall–Kier alpha value is -1.37. The minimum absolute atomic E-state index is 0.189. The van der Waals surface area contributed by atoms with Crippen LogP contribution in [0.15, 0.2) is 17.1 Å². The average molecular weight is 326 g/mol. The smallest absolute Gasteiger partial charge is 0.223 e. The lowest BCUT2D eigenvalue weighted by molar-refractivity contribution is 0.108. The van der Waals surface area contributed by atoms with E-state index >= 15 is 0 Å². The van der Waals surface area contributed by atoms with Crippen LogP contribution in [0.3, 0.4) is 0 Å². The van der Waals surface area contributed by atoms with Crippen molar-refractivity contribution >= 4 is 0 Å². The highest BCUT2D eigenvalue weighted by Gasteiger charge is 2.11. The summed E-state index contributed by atoms with van der Waals surface area (Å²) < 4.78 is 12.3. The molecule has 1 heterocycles. The van der Waals surface area contributed by atoms with E-state index in [-0.39, 0.29) is 11.2 Å². The first-order valence-corrected chi connectivity index (χ1v) is 8.24. The van der Waals surface area contributed by atoms with E-state index in [4.69, 9.17) is 9.47 Å². The van der Waals surface area contributed by atoms with E-state index < -0.39 is 0 Å². The zero-order valence-electron chi connectivity index (χ0n) is 14.6. The van der Waals surface area contributed by atoms with Crippen molar-refractivity contribution in [1.82, 2.24) is 9.47 Å². The van der Waals surface area contributed by atoms with Gasteiger partial charge in [0.1, 0.15) is 0 Å². The first-order valence-electron chi connectivity index (χ1n) is 8.24. The second-order valence-corrected chi connectivity index (χ2v) is 5.68. The summed E-state index contributed by atoms with van der Waals surface area (Å²) in [4.78, 5) is 14.0. The molecule has 0 radical (unpaired) electrons. The average Bonchev–Trinajstić information content (AvgIpc) is 2.54. The summed E-state index contributed by atoms with van der Waals surface area (Å²) in [5.74, 6) is -0.189. The van der Waals surface area contributed by atoms with Gasteiger partial charge in [-0.2, -0.15) is 0 Å². The summed E-state index contributed by atoms with van der Waals surface area (Å²) in [5, 5.41) is 9.71. The summed E-state index contributed by atoms with van der Waals surface area (Å²) >= 11 is 0. The van der Waals surface area contributed by atoms with Crippen molar-refractivity contribution in [1.29, 1.82) is 0 Å². The van der Waals surface area contributed by atoms with Crippen LogP contribution in [0, 0.1) is 0 Å². The highest BCUT2D eigenvalue weighted by molar-refractivity contribution is 5.20. The Kier molecular flexibility index (Phi) is 9.59. The number of aryl methyl sites for hydroxylation is 1. The third kappa shape index (κ3) is 7.16. The lowest BCUT2D eigenvalue weighted by Crippen LogP contribution is -2.32. The Bertz CT molecular complexity index is 494. The number of nitrogens with zero attached hydrogens (tertiary/aromatic N) is 2. The van der Waals surface area contributed by atoms with E-state index in [1.807, 2.05) is 4.57 Å². The molecule has 1 aromatic rings. The van der Waals surface area contributed by atoms with Gasteiger partial charge in [0.25, 0.3) is 0 Å². The summed E-state index contributed by atoms with van der Waals surface area (Å²) in [7, 11) is 3.35. The number of ether oxygens (including phenoxy) is 2. The predicted octanol–water partition coefficient (Wildman–Crippen LogP) is 1.84. The quantitative estimate of drug-likeness (QED) is 0.594. The van der Waals surface area contributed by atoms with E-state index in [9.17, 15) is 9.90 Å². The van der Waals surface area contributed by atoms with Gasteiger partial charge in [-0.3, -0.25) is 9.69 Å². The lowest BCUT2D eigenvalue weighted by atomic mass is 10.2. The summed E-state index contributed by atoms with van der Waals surface area (Å²) in [6.45, 7) is 6.38. The summed E-state index contributed by atoms with van der Waals surface area (Å²) in [6.07, 6.45) is 4.85. The molecule has 23 heavy (non-hydrogen) atoms. The molecular formula is C17H30N2O4. The van der Waals surface area contributed by atoms with Crippen molar-refractivity contribution in [3.8, 4) is 5.75 Å². The van der Waals surface area contributed by atoms with Gasteiger partial charge in [0, 0.05) is 52.2 Å². The minimum atomic E-state index is -0.329. The summed E-state index contributed by atoms with van der Waals surface area (Å²) in [6, 6.07) is 1.54. The third-order valence-electron chi connectivity index (χ3n) is 3.81. The van der Waals surface area contributed by atoms with Gasteiger partial charge in [0.15, 0.2) is 5.75 Å². The first-order chi connectivity index (χ1) is 11.1. The standard InChI is InChI=1S/C17H30N2O4/c1-4-5-6-7-19-14-17(21)16(20)12-15(19)13-18(8-10-22-2)9-11-23-3/h12,14,21H,4-11,13H2,1-3H3. The van der Waals surface area contributed by atoms with Crippen LogP contribution < -0.4 is 5.43 Å². The second-order valence-electron chi connectivity index (χ2n) is 5.68. The molecule has 0 amide bonds. The van der Waals surface area contributed by atoms with E-state index in [0.717, 1.165) is 44.6 Å². The zero-order valence-corrected chi connectivity index (χ0v) is 14.6. The molecule has 0 saturated carbocycles. The van der Waals surface area contributed by atoms with Crippen molar-refractivity contribution in [3.63, 3.8) is 0 Å². The third-order valence-corrected chi connectivity index (χ3v) is 3.81. The molecule has 0 saturated heterocycles. The van der Waals surface area contributed by atoms with Crippen LogP contribution in [0.4, 0.5) is 0 Å². The van der Waals surface area contributed by atoms with Crippen molar-refractivity contribution in [2.45, 2.75) is 39.3 Å². The highest BCUT2D eigenvalue weighted by atomic mass is 16.5. The largest absolute Gasteiger partial charge is 0.503 e. The molecule has 0 fully saturated rings. The molecule has 1 rings (SSSR count). The molecular weight excluding hydrogens is 296 g/mol. The van der Waals surface area contributed by atoms with Crippen LogP contribution in [-0.4, -0.2) is 55.1 Å². The lowest BCUT2D eigenvalue weighted by Gasteiger charge is -2.24. The van der Waals surface area contributed by atoms with E-state index in [0.29, 0.717) is 19.8 Å². The van der Waals surface area contributed by atoms with Gasteiger partial charge < -0.3 is 19.1 Å². The molecule has 0 aliphatic carbocycles. The molecule has 0 aliphatic rings. The Morgan fingerprint density at radius 1 is 1.17 bits per heavy atom. The molecule has 0 spiro atoms. The molecule has 0 atom stereocenters. The van der Waals surface area contributed by atoms with Gasteiger partial charge in [0.2, 0.25) is 5.43 Å². The Morgan fingerprint density at radius 2 is 1.83 bits per heavy atom. The number of aromatic hydroxyl groups is 1. The van der Waals surface area contributed by atoms with Crippen LogP contribution in [0.25, 0.3) is 0 Å². The number of hydrogen-bond acceptors (Lipinski definition) is 5. The van der Waals surface area contributed by atoms with Gasteiger partial charge in [-0.05, 0) is 6.42 Å². The fourth-order valence-electron chi connectivity index (χ4n) is 2.42. The predicted molar refractivity (Wildman–Crippen MR) is 90.9 cm³/mol. The van der Waals surface area contributed by atoms with Crippen LogP contribution in [-0.2, 0) is 22.6 Å². The fraction of sp³-hybridized carbons (Fsp3) is 0.706. The van der Waals surface area contributed by atoms with E-state index in [2.05, 4.69) is 11.8 Å². The summed E-state index contributed by atoms with van der Waals surface area (Å²) in [5.41, 5.74) is 0.585. The molecule has 1 aromatic heterocycles. The number of hydrogen-bond donors (Lipinski definition) is 1. The Morgan fingerprint density at radius 3 is 2.39 bits per heavy atom. The fourth-order valence-corrected chi connectivity index (χ4v) is 2.42. The van der Waals surface area contributed by atoms with Gasteiger partial charge >= 0.3 is 0 Å². The van der Waals surface area contributed by atoms with Crippen LogP contribution in [0.2, 0.25) is 0 Å². The number of aromatic nitrogens is 1. The van der Waals surface area contributed by atoms with Crippen molar-refractivity contribution in [2.75, 3.05) is 40.5 Å². The minimum Gasteiger partial charge on any atom is -0.503 e. The molecule has 132 valence electrons. The van der Waals surface area contributed by atoms with Crippen LogP contribution in [0.1, 0.15) is 31.9 Å². The SMILES string of the molecule is CCCCCn1cc(O)c(=O)cc1CN(CCOC)CCOC. The number of rotatable bonds is 12. The second kappa shape index (κ2) is 11.2. The molecule has 6 heteroatoms. The Balaban J connectivity index is 2.87. The van der Waals surface area contributed by atoms with Crippen molar-refractivity contribution < 1.29 is 14.6 Å². The maximum absolute atomic E-state index is 11.8. The molecule has 6 nitrogen and oxygen atoms in total. The maximum atomic E-state index is 11.8. The molecule has 0 aliphatic heterocycles. The van der Waals surface area contributed by atoms with Crippen molar-refractivity contribution in [3.05, 3.63) is 28.2 Å². The number of unbranched alkanes of at least 4 members (excludes halogenated alkanes) is 2. The van der Waals surface area contributed by atoms with Gasteiger partial charge in [-0.1, -0.05) is 19.8 Å². The number of pyridine rings is 1. The number of methoxy groups -OCH3 is 2. The Labute approximate surface area is 138 Å². The maximum Gasteiger partial charge on any atom is 0.223 e. The molecule has 0 unspecified atom stereocenters. The van der Waals surface area contributed by atoms with E-state index in [1.54, 1.807) is 20.4 Å². The van der Waals surface area contributed by atoms with Crippen LogP contribution >= 0.6 is 0 Å². The van der Waals surface area contributed by atoms with Gasteiger partial charge in [-0.25, -0.2) is 0 Å². The normalized spacial score (nSPS) is 11.3. The zero-order chi connectivity index (χ0) is 17.1. The molecule has 0 bridgehead atoms. The van der Waals surface area contributed by atoms with E-state index in [1.165, 1.54) is 6.07 Å². The molecule has 1 N–H and O–H groups in total. The van der Waals surface area contributed by atoms with Crippen LogP contribution in [0.5, 0.6) is 5.75 Å². The highest BCUT2D eigenvalue weighted by Crippen LogP contribution is 2.10. The van der Waals surface area contributed by atoms with Gasteiger partial charge in [-0.15, -0.1) is 0 Å².